The van der Waals surface area contributed by atoms with Gasteiger partial charge in [0, 0.05) is 28.2 Å². The number of fused-ring (bicyclic) bond motifs is 1. The van der Waals surface area contributed by atoms with Crippen LogP contribution >= 0.6 is 23.4 Å². The second kappa shape index (κ2) is 7.33. The number of carbonyl (C=O) groups excluding carboxylic acids is 2. The Kier molecular flexibility index (Phi) is 5.27. The summed E-state index contributed by atoms with van der Waals surface area (Å²) in [5.41, 5.74) is 0.796. The van der Waals surface area contributed by atoms with E-state index in [1.54, 1.807) is 12.3 Å². The molecule has 1 heterocycles. The Hall–Kier alpha value is -2.37. The third-order valence-electron chi connectivity index (χ3n) is 4.16. The van der Waals surface area contributed by atoms with Gasteiger partial charge < -0.3 is 9.30 Å². The topological polar surface area (TPSA) is 72.1 Å². The van der Waals surface area contributed by atoms with E-state index in [4.69, 9.17) is 16.9 Å². The molecule has 140 valence electrons. The Morgan fingerprint density at radius 2 is 2.22 bits per heavy atom. The molecule has 27 heavy (non-hydrogen) atoms. The first kappa shape index (κ1) is 19.4. The van der Waals surface area contributed by atoms with Crippen molar-refractivity contribution in [2.24, 2.45) is 0 Å². The SMILES string of the molecule is COC(=O)CCSc1cn(-c2ccc(Cl)c(C#N)c2)c2c1C(=O)C(F)(F)C2. The molecule has 0 radical (unpaired) electrons. The van der Waals surface area contributed by atoms with Gasteiger partial charge in [0.2, 0.25) is 5.78 Å². The molecule has 0 N–H and O–H groups in total. The van der Waals surface area contributed by atoms with E-state index in [0.29, 0.717) is 10.6 Å². The third-order valence-corrected chi connectivity index (χ3v) is 5.52. The zero-order valence-corrected chi connectivity index (χ0v) is 15.7. The number of rotatable bonds is 5. The second-order valence-electron chi connectivity index (χ2n) is 5.85. The highest BCUT2D eigenvalue weighted by molar-refractivity contribution is 7.99. The molecular weight excluding hydrogens is 398 g/mol. The number of halogens is 3. The molecule has 0 bridgehead atoms. The smallest absolute Gasteiger partial charge is 0.315 e. The lowest BCUT2D eigenvalue weighted by Crippen LogP contribution is -2.24. The molecule has 0 saturated heterocycles. The van der Waals surface area contributed by atoms with Crippen molar-refractivity contribution < 1.29 is 23.1 Å². The van der Waals surface area contributed by atoms with Crippen LogP contribution < -0.4 is 0 Å². The number of ether oxygens (including phenoxy) is 1. The molecule has 0 saturated carbocycles. The molecule has 2 aromatic rings. The van der Waals surface area contributed by atoms with E-state index in [1.165, 1.54) is 23.8 Å². The summed E-state index contributed by atoms with van der Waals surface area (Å²) in [6, 6.07) is 6.51. The minimum Gasteiger partial charge on any atom is -0.469 e. The van der Waals surface area contributed by atoms with Gasteiger partial charge in [-0.2, -0.15) is 14.0 Å². The van der Waals surface area contributed by atoms with Crippen LogP contribution in [0.3, 0.4) is 0 Å². The Labute approximate surface area is 162 Å². The van der Waals surface area contributed by atoms with E-state index < -0.39 is 24.1 Å². The monoisotopic (exact) mass is 410 g/mol. The zero-order valence-electron chi connectivity index (χ0n) is 14.1. The van der Waals surface area contributed by atoms with Crippen LogP contribution in [-0.2, 0) is 16.0 Å². The van der Waals surface area contributed by atoms with Crippen molar-refractivity contribution in [3.8, 4) is 11.8 Å². The molecule has 1 aromatic carbocycles. The maximum absolute atomic E-state index is 14.0. The average molecular weight is 411 g/mol. The fraction of sp³-hybridized carbons (Fsp3) is 0.278. The molecule has 5 nitrogen and oxygen atoms in total. The maximum Gasteiger partial charge on any atom is 0.315 e. The molecule has 9 heteroatoms. The number of hydrogen-bond acceptors (Lipinski definition) is 5. The lowest BCUT2D eigenvalue weighted by atomic mass is 10.2. The number of methoxy groups -OCH3 is 1. The highest BCUT2D eigenvalue weighted by Gasteiger charge is 2.50. The average Bonchev–Trinajstić information content (AvgIpc) is 3.09. The van der Waals surface area contributed by atoms with E-state index in [9.17, 15) is 18.4 Å². The maximum atomic E-state index is 14.0. The minimum atomic E-state index is -3.48. The molecule has 0 amide bonds. The van der Waals surface area contributed by atoms with Crippen LogP contribution in [0.25, 0.3) is 5.69 Å². The molecule has 0 spiro atoms. The Balaban J connectivity index is 2.03. The number of alkyl halides is 2. The highest BCUT2D eigenvalue weighted by atomic mass is 35.5. The van der Waals surface area contributed by atoms with E-state index >= 15 is 0 Å². The summed E-state index contributed by atoms with van der Waals surface area (Å²) in [6.45, 7) is 0. The van der Waals surface area contributed by atoms with E-state index in [1.807, 2.05) is 6.07 Å². The van der Waals surface area contributed by atoms with Crippen LogP contribution in [0.4, 0.5) is 8.78 Å². The van der Waals surface area contributed by atoms with Gasteiger partial charge in [0.15, 0.2) is 0 Å². The van der Waals surface area contributed by atoms with Crippen LogP contribution in [0.5, 0.6) is 0 Å². The summed E-state index contributed by atoms with van der Waals surface area (Å²) in [4.78, 5) is 23.8. The van der Waals surface area contributed by atoms with E-state index in [0.717, 1.165) is 11.8 Å². The number of thioether (sulfide) groups is 1. The van der Waals surface area contributed by atoms with Crippen molar-refractivity contribution in [1.29, 1.82) is 5.26 Å². The standard InChI is InChI=1S/C18H13ClF2N2O3S/c1-26-15(24)4-5-27-14-9-23(11-2-3-12(19)10(6-11)8-22)13-7-18(20,21)17(25)16(13)14/h2-3,6,9H,4-5,7H2,1H3. The summed E-state index contributed by atoms with van der Waals surface area (Å²) in [7, 11) is 1.26. The highest BCUT2D eigenvalue weighted by Crippen LogP contribution is 2.42. The van der Waals surface area contributed by atoms with Crippen LogP contribution in [0.15, 0.2) is 29.3 Å². The minimum absolute atomic E-state index is 0.0386. The van der Waals surface area contributed by atoms with Crippen LogP contribution in [0, 0.1) is 11.3 Å². The Morgan fingerprint density at radius 1 is 1.48 bits per heavy atom. The summed E-state index contributed by atoms with van der Waals surface area (Å²) in [6.07, 6.45) is 0.943. The molecule has 1 aromatic heterocycles. The summed E-state index contributed by atoms with van der Waals surface area (Å²) in [5.74, 6) is -4.85. The van der Waals surface area contributed by atoms with Gasteiger partial charge in [0.05, 0.1) is 36.1 Å². The summed E-state index contributed by atoms with van der Waals surface area (Å²) in [5, 5.41) is 9.39. The molecule has 1 aliphatic carbocycles. The number of ketones is 1. The second-order valence-corrected chi connectivity index (χ2v) is 7.39. The number of esters is 1. The zero-order chi connectivity index (χ0) is 19.8. The third kappa shape index (κ3) is 3.57. The fourth-order valence-electron chi connectivity index (χ4n) is 2.85. The van der Waals surface area contributed by atoms with E-state index in [-0.39, 0.29) is 34.0 Å². The fourth-order valence-corrected chi connectivity index (χ4v) is 4.03. The molecule has 0 atom stereocenters. The van der Waals surface area contributed by atoms with Crippen molar-refractivity contribution >= 4 is 35.1 Å². The van der Waals surface area contributed by atoms with Crippen LogP contribution in [0.2, 0.25) is 5.02 Å². The summed E-state index contributed by atoms with van der Waals surface area (Å²) >= 11 is 7.07. The predicted octanol–water partition coefficient (Wildman–Crippen LogP) is 4.03. The van der Waals surface area contributed by atoms with Crippen molar-refractivity contribution in [2.75, 3.05) is 12.9 Å². The largest absolute Gasteiger partial charge is 0.469 e. The van der Waals surface area contributed by atoms with E-state index in [2.05, 4.69) is 4.74 Å². The number of Topliss-reactive ketones (excluding diaryl/α,β-unsaturated/α-hetero) is 1. The first-order valence-electron chi connectivity index (χ1n) is 7.85. The number of hydrogen-bond donors (Lipinski definition) is 0. The Morgan fingerprint density at radius 3 is 2.89 bits per heavy atom. The lowest BCUT2D eigenvalue weighted by molar-refractivity contribution is -0.140. The van der Waals surface area contributed by atoms with Crippen LogP contribution in [-0.4, -0.2) is 35.1 Å². The number of nitriles is 1. The van der Waals surface area contributed by atoms with Gasteiger partial charge in [0.25, 0.3) is 0 Å². The van der Waals surface area contributed by atoms with Crippen molar-refractivity contribution in [3.05, 3.63) is 46.2 Å². The number of nitrogens with zero attached hydrogens (tertiary/aromatic N) is 2. The van der Waals surface area contributed by atoms with Gasteiger partial charge in [-0.3, -0.25) is 9.59 Å². The molecule has 0 unspecified atom stereocenters. The predicted molar refractivity (Wildman–Crippen MR) is 95.8 cm³/mol. The van der Waals surface area contributed by atoms with Gasteiger partial charge in [-0.25, -0.2) is 0 Å². The molecule has 0 fully saturated rings. The van der Waals surface area contributed by atoms with Gasteiger partial charge in [-0.1, -0.05) is 11.6 Å². The van der Waals surface area contributed by atoms with Crippen molar-refractivity contribution in [3.63, 3.8) is 0 Å². The number of carbonyl (C=O) groups is 2. The molecular formula is C18H13ClF2N2O3S. The summed E-state index contributed by atoms with van der Waals surface area (Å²) < 4.78 is 34.1. The first-order valence-corrected chi connectivity index (χ1v) is 9.21. The van der Waals surface area contributed by atoms with Gasteiger partial charge in [-0.05, 0) is 18.2 Å². The first-order chi connectivity index (χ1) is 12.8. The molecule has 3 rings (SSSR count). The lowest BCUT2D eigenvalue weighted by Gasteiger charge is -2.10. The normalized spacial score (nSPS) is 14.7. The molecule has 0 aliphatic heterocycles. The van der Waals surface area contributed by atoms with Crippen LogP contribution in [0.1, 0.15) is 28.0 Å². The van der Waals surface area contributed by atoms with Gasteiger partial charge in [-0.15, -0.1) is 11.8 Å². The quantitative estimate of drug-likeness (QED) is 0.549. The number of aromatic nitrogens is 1. The van der Waals surface area contributed by atoms with Crippen molar-refractivity contribution in [2.45, 2.75) is 23.7 Å². The van der Waals surface area contributed by atoms with Gasteiger partial charge >= 0.3 is 11.9 Å². The Bertz CT molecular complexity index is 982. The molecule has 1 aliphatic rings. The number of benzene rings is 1. The van der Waals surface area contributed by atoms with Gasteiger partial charge in [0.1, 0.15) is 6.07 Å². The van der Waals surface area contributed by atoms with Crippen molar-refractivity contribution in [1.82, 2.24) is 4.57 Å².